The van der Waals surface area contributed by atoms with Crippen LogP contribution in [0.1, 0.15) is 25.1 Å². The quantitative estimate of drug-likeness (QED) is 0.327. The molecule has 10 heteroatoms. The Kier molecular flexibility index (Phi) is 5.78. The van der Waals surface area contributed by atoms with Gasteiger partial charge in [0.2, 0.25) is 0 Å². The molecule has 3 rings (SSSR count). The van der Waals surface area contributed by atoms with Crippen molar-refractivity contribution in [3.63, 3.8) is 0 Å². The van der Waals surface area contributed by atoms with Crippen LogP contribution in [0.2, 0.25) is 0 Å². The van der Waals surface area contributed by atoms with Gasteiger partial charge in [-0.05, 0) is 26.8 Å². The lowest BCUT2D eigenvalue weighted by atomic mass is 10.1. The summed E-state index contributed by atoms with van der Waals surface area (Å²) < 4.78 is 2.19. The number of amides is 1. The third-order valence-electron chi connectivity index (χ3n) is 4.30. The number of rotatable bonds is 6. The number of hydrogen-bond acceptors (Lipinski definition) is 6. The summed E-state index contributed by atoms with van der Waals surface area (Å²) in [5, 5.41) is 10.3. The Morgan fingerprint density at radius 1 is 1.39 bits per heavy atom. The van der Waals surface area contributed by atoms with Gasteiger partial charge in [-0.3, -0.25) is 14.6 Å². The van der Waals surface area contributed by atoms with Crippen LogP contribution in [0.5, 0.6) is 0 Å². The van der Waals surface area contributed by atoms with E-state index in [0.29, 0.717) is 0 Å². The molecule has 3 aromatic rings. The Morgan fingerprint density at radius 2 is 2.14 bits per heavy atom. The lowest BCUT2D eigenvalue weighted by Crippen LogP contribution is -2.30. The minimum Gasteiger partial charge on any atom is -0.344 e. The highest BCUT2D eigenvalue weighted by Gasteiger charge is 2.17. The maximum absolute atomic E-state index is 12.3. The number of hydrogen-bond donors (Lipinski definition) is 3. The average molecular weight is 400 g/mol. The zero-order valence-corrected chi connectivity index (χ0v) is 16.5. The number of aryl methyl sites for hydroxylation is 1. The van der Waals surface area contributed by atoms with Crippen molar-refractivity contribution in [2.45, 2.75) is 37.6 Å². The van der Waals surface area contributed by atoms with Gasteiger partial charge in [0, 0.05) is 28.7 Å². The Hall–Kier alpha value is -3.14. The molecule has 0 fully saturated rings. The van der Waals surface area contributed by atoms with Gasteiger partial charge in [0.15, 0.2) is 5.03 Å². The summed E-state index contributed by atoms with van der Waals surface area (Å²) in [6, 6.07) is 8.02. The zero-order chi connectivity index (χ0) is 20.3. The molecule has 28 heavy (non-hydrogen) atoms. The van der Waals surface area contributed by atoms with Gasteiger partial charge >= 0.3 is 5.69 Å². The molecule has 146 valence electrons. The second-order valence-electron chi connectivity index (χ2n) is 6.07. The SMILES string of the molecule is CCn1c(C)c(/C=N/NC(=O)C(C)Sc2n[nH]c(=O)[nH]c2=O)c2ccccc21. The molecule has 0 saturated heterocycles. The highest BCUT2D eigenvalue weighted by Crippen LogP contribution is 2.24. The first-order chi connectivity index (χ1) is 13.4. The molecule has 0 aliphatic carbocycles. The molecular formula is C18H20N6O3S. The Bertz CT molecular complexity index is 1160. The third kappa shape index (κ3) is 3.91. The van der Waals surface area contributed by atoms with Crippen molar-refractivity contribution in [1.29, 1.82) is 0 Å². The number of hydrazone groups is 1. The zero-order valence-electron chi connectivity index (χ0n) is 15.6. The predicted octanol–water partition coefficient (Wildman–Crippen LogP) is 1.37. The Morgan fingerprint density at radius 3 is 2.86 bits per heavy atom. The molecule has 1 amide bonds. The van der Waals surface area contributed by atoms with Crippen LogP contribution in [0, 0.1) is 6.92 Å². The third-order valence-corrected chi connectivity index (χ3v) is 5.37. The number of nitrogens with zero attached hydrogens (tertiary/aromatic N) is 3. The van der Waals surface area contributed by atoms with Gasteiger partial charge in [0.25, 0.3) is 11.5 Å². The van der Waals surface area contributed by atoms with Crippen molar-refractivity contribution in [2.24, 2.45) is 5.10 Å². The molecule has 1 atom stereocenters. The van der Waals surface area contributed by atoms with E-state index >= 15 is 0 Å². The minimum atomic E-state index is -0.697. The maximum atomic E-state index is 12.3. The molecule has 0 saturated carbocycles. The van der Waals surface area contributed by atoms with E-state index in [1.54, 1.807) is 13.1 Å². The van der Waals surface area contributed by atoms with Crippen molar-refractivity contribution in [3.8, 4) is 0 Å². The normalized spacial score (nSPS) is 12.5. The van der Waals surface area contributed by atoms with E-state index in [-0.39, 0.29) is 10.9 Å². The van der Waals surface area contributed by atoms with Crippen LogP contribution in [0.3, 0.4) is 0 Å². The first-order valence-electron chi connectivity index (χ1n) is 8.68. The molecule has 0 aliphatic rings. The molecule has 0 radical (unpaired) electrons. The van der Waals surface area contributed by atoms with Crippen LogP contribution in [-0.2, 0) is 11.3 Å². The van der Waals surface area contributed by atoms with Gasteiger partial charge in [0.1, 0.15) is 0 Å². The smallest absolute Gasteiger partial charge is 0.342 e. The highest BCUT2D eigenvalue weighted by atomic mass is 32.2. The van der Waals surface area contributed by atoms with Crippen molar-refractivity contribution in [1.82, 2.24) is 25.2 Å². The molecule has 0 aliphatic heterocycles. The van der Waals surface area contributed by atoms with Gasteiger partial charge in [-0.2, -0.15) is 10.2 Å². The van der Waals surface area contributed by atoms with Crippen molar-refractivity contribution < 1.29 is 4.79 Å². The number of aromatic amines is 2. The van der Waals surface area contributed by atoms with Gasteiger partial charge in [-0.1, -0.05) is 30.0 Å². The summed E-state index contributed by atoms with van der Waals surface area (Å²) in [6.45, 7) is 6.55. The standard InChI is InChI=1S/C18H20N6O3S/c1-4-24-10(2)13(12-7-5-6-8-14(12)24)9-19-21-15(25)11(3)28-17-16(26)20-18(27)23-22-17/h5-9,11H,4H2,1-3H3,(H,21,25)(H2,20,23,26,27)/b19-9+. The van der Waals surface area contributed by atoms with Crippen LogP contribution in [0.25, 0.3) is 10.9 Å². The topological polar surface area (TPSA) is 125 Å². The largest absolute Gasteiger partial charge is 0.344 e. The molecule has 2 heterocycles. The first-order valence-corrected chi connectivity index (χ1v) is 9.56. The molecule has 2 aromatic heterocycles. The summed E-state index contributed by atoms with van der Waals surface area (Å²) in [5.74, 6) is -0.384. The lowest BCUT2D eigenvalue weighted by molar-refractivity contribution is -0.120. The van der Waals surface area contributed by atoms with Gasteiger partial charge in [0.05, 0.1) is 11.5 Å². The van der Waals surface area contributed by atoms with E-state index in [2.05, 4.69) is 43.3 Å². The van der Waals surface area contributed by atoms with Gasteiger partial charge < -0.3 is 4.57 Å². The monoisotopic (exact) mass is 400 g/mol. The molecular weight excluding hydrogens is 380 g/mol. The first kappa shape index (κ1) is 19.6. The highest BCUT2D eigenvalue weighted by molar-refractivity contribution is 8.00. The van der Waals surface area contributed by atoms with Crippen LogP contribution in [0.15, 0.2) is 44.0 Å². The number of para-hydroxylation sites is 1. The van der Waals surface area contributed by atoms with E-state index in [1.165, 1.54) is 0 Å². The van der Waals surface area contributed by atoms with E-state index in [1.807, 2.05) is 25.1 Å². The molecule has 1 unspecified atom stereocenters. The fraction of sp³-hybridized carbons (Fsp3) is 0.278. The van der Waals surface area contributed by atoms with E-state index in [9.17, 15) is 14.4 Å². The summed E-state index contributed by atoms with van der Waals surface area (Å²) in [7, 11) is 0. The van der Waals surface area contributed by atoms with E-state index in [4.69, 9.17) is 0 Å². The van der Waals surface area contributed by atoms with Crippen molar-refractivity contribution in [2.75, 3.05) is 0 Å². The number of aromatic nitrogens is 4. The molecule has 9 nitrogen and oxygen atoms in total. The summed E-state index contributed by atoms with van der Waals surface area (Å²) in [5.41, 5.74) is 4.27. The van der Waals surface area contributed by atoms with Crippen molar-refractivity contribution >= 4 is 34.8 Å². The van der Waals surface area contributed by atoms with Gasteiger partial charge in [-0.25, -0.2) is 15.3 Å². The van der Waals surface area contributed by atoms with E-state index < -0.39 is 16.5 Å². The van der Waals surface area contributed by atoms with Crippen LogP contribution < -0.4 is 16.7 Å². The van der Waals surface area contributed by atoms with Crippen LogP contribution >= 0.6 is 11.8 Å². The number of fused-ring (bicyclic) bond motifs is 1. The van der Waals surface area contributed by atoms with Crippen LogP contribution in [-0.4, -0.2) is 37.1 Å². The number of benzene rings is 1. The second-order valence-corrected chi connectivity index (χ2v) is 7.40. The lowest BCUT2D eigenvalue weighted by Gasteiger charge is -2.07. The van der Waals surface area contributed by atoms with E-state index in [0.717, 1.165) is 40.5 Å². The summed E-state index contributed by atoms with van der Waals surface area (Å²) in [4.78, 5) is 37.0. The average Bonchev–Trinajstić information content (AvgIpc) is 2.95. The summed E-state index contributed by atoms with van der Waals surface area (Å²) >= 11 is 0.932. The van der Waals surface area contributed by atoms with Gasteiger partial charge in [-0.15, -0.1) is 0 Å². The fourth-order valence-corrected chi connectivity index (χ4v) is 3.67. The second kappa shape index (κ2) is 8.26. The maximum Gasteiger partial charge on any atom is 0.342 e. The fourth-order valence-electron chi connectivity index (χ4n) is 2.92. The summed E-state index contributed by atoms with van der Waals surface area (Å²) in [6.07, 6.45) is 1.63. The number of thioether (sulfide) groups is 1. The minimum absolute atomic E-state index is 0.00749. The van der Waals surface area contributed by atoms with Crippen LogP contribution in [0.4, 0.5) is 0 Å². The molecule has 0 bridgehead atoms. The number of nitrogens with one attached hydrogen (secondary N) is 3. The molecule has 3 N–H and O–H groups in total. The number of carbonyl (C=O) groups is 1. The van der Waals surface area contributed by atoms with Crippen molar-refractivity contribution in [3.05, 3.63) is 56.4 Å². The Labute approximate surface area is 164 Å². The number of H-pyrrole nitrogens is 2. The molecule has 0 spiro atoms. The Balaban J connectivity index is 1.73. The number of carbonyl (C=O) groups excluding carboxylic acids is 1. The molecule has 1 aromatic carbocycles. The predicted molar refractivity (Wildman–Crippen MR) is 109 cm³/mol.